The van der Waals surface area contributed by atoms with Crippen LogP contribution in [0.5, 0.6) is 0 Å². The third-order valence-electron chi connectivity index (χ3n) is 2.27. The van der Waals surface area contributed by atoms with Gasteiger partial charge in [-0.3, -0.25) is 19.1 Å². The molecule has 0 unspecified atom stereocenters. The Labute approximate surface area is 102 Å². The molecule has 0 atom stereocenters. The summed E-state index contributed by atoms with van der Waals surface area (Å²) >= 11 is 0. The van der Waals surface area contributed by atoms with Crippen molar-refractivity contribution in [3.8, 4) is 0 Å². The molecular formula is C10H13N3O5. The van der Waals surface area contributed by atoms with Crippen molar-refractivity contribution in [2.24, 2.45) is 7.05 Å². The van der Waals surface area contributed by atoms with Crippen molar-refractivity contribution in [1.82, 2.24) is 14.7 Å². The van der Waals surface area contributed by atoms with Crippen molar-refractivity contribution in [2.45, 2.75) is 6.92 Å². The molecule has 1 aromatic heterocycles. The zero-order valence-corrected chi connectivity index (χ0v) is 9.95. The second-order valence-electron chi connectivity index (χ2n) is 3.74. The Balaban J connectivity index is 2.94. The Bertz CT molecular complexity index is 458. The fourth-order valence-corrected chi connectivity index (χ4v) is 1.35. The zero-order valence-electron chi connectivity index (χ0n) is 9.95. The summed E-state index contributed by atoms with van der Waals surface area (Å²) in [4.78, 5) is 33.8. The lowest BCUT2D eigenvalue weighted by Crippen LogP contribution is -2.39. The van der Waals surface area contributed by atoms with E-state index in [0.29, 0.717) is 10.6 Å². The molecule has 0 radical (unpaired) electrons. The molecule has 0 bridgehead atoms. The molecule has 0 aromatic carbocycles. The van der Waals surface area contributed by atoms with Crippen molar-refractivity contribution in [1.29, 1.82) is 0 Å². The number of rotatable bonds is 5. The average Bonchev–Trinajstić information content (AvgIpc) is 2.56. The van der Waals surface area contributed by atoms with Gasteiger partial charge in [-0.2, -0.15) is 5.10 Å². The molecule has 0 saturated carbocycles. The van der Waals surface area contributed by atoms with E-state index in [4.69, 9.17) is 10.2 Å². The van der Waals surface area contributed by atoms with E-state index in [1.807, 2.05) is 0 Å². The maximum atomic E-state index is 11.9. The summed E-state index contributed by atoms with van der Waals surface area (Å²) in [7, 11) is 1.63. The number of carbonyl (C=O) groups excluding carboxylic acids is 1. The number of hydrogen-bond acceptors (Lipinski definition) is 4. The molecule has 8 heteroatoms. The number of aromatic nitrogens is 2. The van der Waals surface area contributed by atoms with E-state index in [1.54, 1.807) is 14.0 Å². The van der Waals surface area contributed by atoms with E-state index in [0.717, 1.165) is 0 Å². The molecule has 1 amide bonds. The SMILES string of the molecule is Cc1cc(C(=O)N(CC(=O)O)CC(=O)O)nn1C. The van der Waals surface area contributed by atoms with Gasteiger partial charge in [0.25, 0.3) is 5.91 Å². The summed E-state index contributed by atoms with van der Waals surface area (Å²) in [6.07, 6.45) is 0. The molecule has 0 fully saturated rings. The topological polar surface area (TPSA) is 113 Å². The highest BCUT2D eigenvalue weighted by atomic mass is 16.4. The predicted octanol–water partition coefficient (Wildman–Crippen LogP) is -0.660. The normalized spacial score (nSPS) is 10.1. The molecule has 1 rings (SSSR count). The summed E-state index contributed by atoms with van der Waals surface area (Å²) in [5, 5.41) is 21.2. The van der Waals surface area contributed by atoms with Gasteiger partial charge in [-0.15, -0.1) is 0 Å². The van der Waals surface area contributed by atoms with E-state index in [-0.39, 0.29) is 5.69 Å². The largest absolute Gasteiger partial charge is 0.480 e. The van der Waals surface area contributed by atoms with Crippen LogP contribution < -0.4 is 0 Å². The molecule has 8 nitrogen and oxygen atoms in total. The Morgan fingerprint density at radius 2 is 1.78 bits per heavy atom. The lowest BCUT2D eigenvalue weighted by Gasteiger charge is -2.16. The predicted molar refractivity (Wildman–Crippen MR) is 59.1 cm³/mol. The van der Waals surface area contributed by atoms with Gasteiger partial charge in [-0.1, -0.05) is 0 Å². The first-order chi connectivity index (χ1) is 8.31. The van der Waals surface area contributed by atoms with E-state index in [2.05, 4.69) is 5.10 Å². The molecule has 0 aliphatic heterocycles. The maximum Gasteiger partial charge on any atom is 0.323 e. The van der Waals surface area contributed by atoms with Crippen LogP contribution in [-0.2, 0) is 16.6 Å². The first-order valence-electron chi connectivity index (χ1n) is 5.04. The van der Waals surface area contributed by atoms with E-state index >= 15 is 0 Å². The second kappa shape index (κ2) is 5.30. The smallest absolute Gasteiger partial charge is 0.323 e. The van der Waals surface area contributed by atoms with Gasteiger partial charge in [-0.25, -0.2) is 0 Å². The minimum atomic E-state index is -1.28. The molecule has 98 valence electrons. The van der Waals surface area contributed by atoms with Crippen molar-refractivity contribution < 1.29 is 24.6 Å². The average molecular weight is 255 g/mol. The van der Waals surface area contributed by atoms with Crippen molar-refractivity contribution in [2.75, 3.05) is 13.1 Å². The Hall–Kier alpha value is -2.38. The number of nitrogens with zero attached hydrogens (tertiary/aromatic N) is 3. The summed E-state index contributed by atoms with van der Waals surface area (Å²) in [6, 6.07) is 1.47. The van der Waals surface area contributed by atoms with E-state index in [1.165, 1.54) is 10.7 Å². The number of aliphatic carboxylic acids is 2. The summed E-state index contributed by atoms with van der Waals surface area (Å²) in [5.74, 6) is -3.28. The quantitative estimate of drug-likeness (QED) is 0.722. The summed E-state index contributed by atoms with van der Waals surface area (Å²) in [5.41, 5.74) is 0.737. The van der Waals surface area contributed by atoms with Gasteiger partial charge < -0.3 is 15.1 Å². The van der Waals surface area contributed by atoms with Crippen LogP contribution in [0.4, 0.5) is 0 Å². The van der Waals surface area contributed by atoms with Gasteiger partial charge in [-0.05, 0) is 13.0 Å². The van der Waals surface area contributed by atoms with Gasteiger partial charge in [0.1, 0.15) is 13.1 Å². The standard InChI is InChI=1S/C10H13N3O5/c1-6-3-7(11-12(6)2)10(18)13(4-8(14)15)5-9(16)17/h3H,4-5H2,1-2H3,(H,14,15)(H,16,17). The molecule has 1 aromatic rings. The lowest BCUT2D eigenvalue weighted by atomic mass is 10.3. The van der Waals surface area contributed by atoms with Gasteiger partial charge in [0.05, 0.1) is 0 Å². The molecule has 0 saturated heterocycles. The number of carboxylic acid groups (broad SMARTS) is 2. The van der Waals surface area contributed by atoms with Crippen LogP contribution in [-0.4, -0.2) is 55.8 Å². The van der Waals surface area contributed by atoms with E-state index in [9.17, 15) is 14.4 Å². The van der Waals surface area contributed by atoms with Crippen LogP contribution in [0.1, 0.15) is 16.2 Å². The van der Waals surface area contributed by atoms with Crippen molar-refractivity contribution in [3.05, 3.63) is 17.5 Å². The van der Waals surface area contributed by atoms with Crippen molar-refractivity contribution >= 4 is 17.8 Å². The Morgan fingerprint density at radius 3 is 2.11 bits per heavy atom. The van der Waals surface area contributed by atoms with E-state index < -0.39 is 30.9 Å². The highest BCUT2D eigenvalue weighted by Crippen LogP contribution is 2.05. The fraction of sp³-hybridized carbons (Fsp3) is 0.400. The fourth-order valence-electron chi connectivity index (χ4n) is 1.35. The highest BCUT2D eigenvalue weighted by molar-refractivity contribution is 5.96. The third kappa shape index (κ3) is 3.30. The highest BCUT2D eigenvalue weighted by Gasteiger charge is 2.23. The number of amides is 1. The molecular weight excluding hydrogens is 242 g/mol. The zero-order chi connectivity index (χ0) is 13.9. The summed E-state index contributed by atoms with van der Waals surface area (Å²) < 4.78 is 1.45. The van der Waals surface area contributed by atoms with Gasteiger partial charge >= 0.3 is 11.9 Å². The van der Waals surface area contributed by atoms with Crippen LogP contribution in [0.25, 0.3) is 0 Å². The van der Waals surface area contributed by atoms with Crippen LogP contribution in [0, 0.1) is 6.92 Å². The second-order valence-corrected chi connectivity index (χ2v) is 3.74. The first kappa shape index (κ1) is 13.7. The van der Waals surface area contributed by atoms with Gasteiger partial charge in [0, 0.05) is 12.7 Å². The van der Waals surface area contributed by atoms with Crippen LogP contribution in [0.15, 0.2) is 6.07 Å². The van der Waals surface area contributed by atoms with Crippen LogP contribution in [0.3, 0.4) is 0 Å². The molecule has 0 aliphatic carbocycles. The first-order valence-corrected chi connectivity index (χ1v) is 5.04. The number of hydrogen-bond donors (Lipinski definition) is 2. The third-order valence-corrected chi connectivity index (χ3v) is 2.27. The Morgan fingerprint density at radius 1 is 1.28 bits per heavy atom. The number of carboxylic acids is 2. The number of carbonyl (C=O) groups is 3. The molecule has 0 aliphatic rings. The lowest BCUT2D eigenvalue weighted by molar-refractivity contribution is -0.140. The van der Waals surface area contributed by atoms with Crippen LogP contribution in [0.2, 0.25) is 0 Å². The van der Waals surface area contributed by atoms with Crippen molar-refractivity contribution in [3.63, 3.8) is 0 Å². The molecule has 18 heavy (non-hydrogen) atoms. The number of aryl methyl sites for hydroxylation is 2. The monoisotopic (exact) mass is 255 g/mol. The summed E-state index contributed by atoms with van der Waals surface area (Å²) in [6.45, 7) is 0.365. The van der Waals surface area contributed by atoms with Crippen LogP contribution >= 0.6 is 0 Å². The Kier molecular flexibility index (Phi) is 4.03. The molecule has 2 N–H and O–H groups in total. The van der Waals surface area contributed by atoms with Gasteiger partial charge in [0.15, 0.2) is 5.69 Å². The van der Waals surface area contributed by atoms with Gasteiger partial charge in [0.2, 0.25) is 0 Å². The molecule has 1 heterocycles. The minimum Gasteiger partial charge on any atom is -0.480 e. The maximum absolute atomic E-state index is 11.9. The minimum absolute atomic E-state index is 0.0255. The molecule has 0 spiro atoms.